The Morgan fingerprint density at radius 2 is 1.52 bits per heavy atom. The van der Waals surface area contributed by atoms with E-state index in [9.17, 15) is 4.79 Å². The highest BCUT2D eigenvalue weighted by molar-refractivity contribution is 6.08. The molecule has 3 aromatic carbocycles. The third kappa shape index (κ3) is 3.72. The number of nitrogens with zero attached hydrogens (tertiary/aromatic N) is 1. The maximum Gasteiger partial charge on any atom is 0.262 e. The molecule has 3 rings (SSSR count). The van der Waals surface area contributed by atoms with Gasteiger partial charge in [-0.25, -0.2) is 0 Å². The number of rotatable bonds is 5. The fourth-order valence-corrected chi connectivity index (χ4v) is 2.78. The summed E-state index contributed by atoms with van der Waals surface area (Å²) in [7, 11) is 0. The zero-order valence-electron chi connectivity index (χ0n) is 14.5. The maximum absolute atomic E-state index is 13.2. The van der Waals surface area contributed by atoms with Gasteiger partial charge >= 0.3 is 0 Å². The first-order valence-electron chi connectivity index (χ1n) is 8.40. The van der Waals surface area contributed by atoms with Crippen LogP contribution in [0.2, 0.25) is 0 Å². The average Bonchev–Trinajstić information content (AvgIpc) is 2.65. The second-order valence-electron chi connectivity index (χ2n) is 5.75. The van der Waals surface area contributed by atoms with Crippen LogP contribution < -0.4 is 9.64 Å². The molecule has 0 bridgehead atoms. The molecule has 0 saturated heterocycles. The number of anilines is 1. The first-order chi connectivity index (χ1) is 12.2. The Morgan fingerprint density at radius 3 is 2.24 bits per heavy atom. The largest absolute Gasteiger partial charge is 0.457 e. The summed E-state index contributed by atoms with van der Waals surface area (Å²) < 4.78 is 5.94. The third-order valence-electron chi connectivity index (χ3n) is 4.06. The number of hydrogen-bond acceptors (Lipinski definition) is 2. The minimum atomic E-state index is -0.0664. The highest BCUT2D eigenvalue weighted by Crippen LogP contribution is 2.28. The first-order valence-corrected chi connectivity index (χ1v) is 8.40. The summed E-state index contributed by atoms with van der Waals surface area (Å²) in [6, 6.07) is 24.8. The van der Waals surface area contributed by atoms with Crippen LogP contribution in [0, 0.1) is 6.92 Å². The number of ether oxygens (including phenoxy) is 1. The molecule has 3 aromatic rings. The molecule has 0 radical (unpaired) electrons. The summed E-state index contributed by atoms with van der Waals surface area (Å²) in [5.74, 6) is 1.20. The summed E-state index contributed by atoms with van der Waals surface area (Å²) >= 11 is 0. The fourth-order valence-electron chi connectivity index (χ4n) is 2.78. The fraction of sp³-hybridized carbons (Fsp3) is 0.136. The molecule has 0 heterocycles. The molecule has 0 fully saturated rings. The van der Waals surface area contributed by atoms with Crippen LogP contribution in [0.25, 0.3) is 0 Å². The van der Waals surface area contributed by atoms with Gasteiger partial charge in [-0.1, -0.05) is 48.5 Å². The molecular weight excluding hydrogens is 310 g/mol. The number of benzene rings is 3. The lowest BCUT2D eigenvalue weighted by Gasteiger charge is -2.24. The minimum Gasteiger partial charge on any atom is -0.457 e. The van der Waals surface area contributed by atoms with Gasteiger partial charge in [0.25, 0.3) is 5.91 Å². The van der Waals surface area contributed by atoms with Crippen LogP contribution in [0.5, 0.6) is 11.5 Å². The van der Waals surface area contributed by atoms with Crippen molar-refractivity contribution in [3.8, 4) is 11.5 Å². The van der Waals surface area contributed by atoms with E-state index in [1.165, 1.54) is 0 Å². The van der Waals surface area contributed by atoms with E-state index in [0.717, 1.165) is 11.3 Å². The van der Waals surface area contributed by atoms with Crippen LogP contribution in [0.3, 0.4) is 0 Å². The van der Waals surface area contributed by atoms with Crippen LogP contribution in [-0.2, 0) is 0 Å². The van der Waals surface area contributed by atoms with E-state index in [-0.39, 0.29) is 5.91 Å². The van der Waals surface area contributed by atoms with Gasteiger partial charge in [-0.15, -0.1) is 0 Å². The molecular formula is C22H21NO2. The molecule has 1 amide bonds. The molecule has 0 atom stereocenters. The molecule has 0 saturated carbocycles. The van der Waals surface area contributed by atoms with Gasteiger partial charge in [0.1, 0.15) is 11.5 Å². The Balaban J connectivity index is 1.95. The Bertz CT molecular complexity index is 859. The predicted octanol–water partition coefficient (Wildman–Crippen LogP) is 5.45. The van der Waals surface area contributed by atoms with Gasteiger partial charge in [-0.2, -0.15) is 0 Å². The van der Waals surface area contributed by atoms with Crippen LogP contribution >= 0.6 is 0 Å². The predicted molar refractivity (Wildman–Crippen MR) is 101 cm³/mol. The molecule has 0 aliphatic heterocycles. The van der Waals surface area contributed by atoms with E-state index in [4.69, 9.17) is 4.74 Å². The second kappa shape index (κ2) is 7.67. The van der Waals surface area contributed by atoms with Gasteiger partial charge in [-0.05, 0) is 49.7 Å². The summed E-state index contributed by atoms with van der Waals surface area (Å²) in [5, 5.41) is 0. The van der Waals surface area contributed by atoms with E-state index in [1.807, 2.05) is 92.7 Å². The Kier molecular flexibility index (Phi) is 5.14. The van der Waals surface area contributed by atoms with Gasteiger partial charge in [-0.3, -0.25) is 4.79 Å². The van der Waals surface area contributed by atoms with Crippen LogP contribution in [0.15, 0.2) is 78.9 Å². The van der Waals surface area contributed by atoms with Crippen molar-refractivity contribution in [2.24, 2.45) is 0 Å². The Morgan fingerprint density at radius 1 is 0.880 bits per heavy atom. The van der Waals surface area contributed by atoms with E-state index < -0.39 is 0 Å². The topological polar surface area (TPSA) is 29.5 Å². The molecule has 25 heavy (non-hydrogen) atoms. The summed E-state index contributed by atoms with van der Waals surface area (Å²) in [4.78, 5) is 15.0. The van der Waals surface area contributed by atoms with Crippen molar-refractivity contribution < 1.29 is 9.53 Å². The lowest BCUT2D eigenvalue weighted by molar-refractivity contribution is 0.0986. The molecule has 0 spiro atoms. The lowest BCUT2D eigenvalue weighted by Crippen LogP contribution is -2.31. The van der Waals surface area contributed by atoms with E-state index in [1.54, 1.807) is 4.90 Å². The van der Waals surface area contributed by atoms with Crippen LogP contribution in [0.1, 0.15) is 22.8 Å². The molecule has 0 aliphatic rings. The highest BCUT2D eigenvalue weighted by atomic mass is 16.5. The Labute approximate surface area is 148 Å². The zero-order chi connectivity index (χ0) is 17.6. The monoisotopic (exact) mass is 331 g/mol. The maximum atomic E-state index is 13.2. The molecule has 3 heteroatoms. The number of aryl methyl sites for hydroxylation is 1. The van der Waals surface area contributed by atoms with E-state index >= 15 is 0 Å². The number of hydrogen-bond donors (Lipinski definition) is 0. The minimum absolute atomic E-state index is 0.0664. The second-order valence-corrected chi connectivity index (χ2v) is 5.75. The van der Waals surface area contributed by atoms with Crippen molar-refractivity contribution >= 4 is 11.6 Å². The van der Waals surface area contributed by atoms with Crippen molar-refractivity contribution in [3.05, 3.63) is 90.0 Å². The normalized spacial score (nSPS) is 10.3. The molecule has 0 aliphatic carbocycles. The number of para-hydroxylation sites is 3. The van der Waals surface area contributed by atoms with Crippen molar-refractivity contribution in [1.29, 1.82) is 0 Å². The van der Waals surface area contributed by atoms with Crippen molar-refractivity contribution in [1.82, 2.24) is 0 Å². The van der Waals surface area contributed by atoms with Gasteiger partial charge < -0.3 is 9.64 Å². The number of amides is 1. The molecule has 126 valence electrons. The molecule has 0 aromatic heterocycles. The van der Waals surface area contributed by atoms with Crippen molar-refractivity contribution in [2.45, 2.75) is 13.8 Å². The quantitative estimate of drug-likeness (QED) is 0.622. The first kappa shape index (κ1) is 16.8. The number of carbonyl (C=O) groups excluding carboxylic acids is 1. The summed E-state index contributed by atoms with van der Waals surface area (Å²) in [5.41, 5.74) is 2.54. The van der Waals surface area contributed by atoms with E-state index in [0.29, 0.717) is 23.6 Å². The Hall–Kier alpha value is -3.07. The van der Waals surface area contributed by atoms with Gasteiger partial charge in [0.15, 0.2) is 0 Å². The third-order valence-corrected chi connectivity index (χ3v) is 4.06. The van der Waals surface area contributed by atoms with Crippen LogP contribution in [-0.4, -0.2) is 12.5 Å². The highest BCUT2D eigenvalue weighted by Gasteiger charge is 2.21. The molecule has 0 N–H and O–H groups in total. The van der Waals surface area contributed by atoms with Gasteiger partial charge in [0, 0.05) is 12.2 Å². The van der Waals surface area contributed by atoms with E-state index in [2.05, 4.69) is 0 Å². The molecule has 3 nitrogen and oxygen atoms in total. The summed E-state index contributed by atoms with van der Waals surface area (Å²) in [6.45, 7) is 4.58. The van der Waals surface area contributed by atoms with Crippen molar-refractivity contribution in [3.63, 3.8) is 0 Å². The number of carbonyl (C=O) groups is 1. The van der Waals surface area contributed by atoms with Gasteiger partial charge in [0.2, 0.25) is 0 Å². The SMILES string of the molecule is CCN(C(=O)c1ccccc1Oc1ccccc1)c1ccccc1C. The standard InChI is InChI=1S/C22H21NO2/c1-3-23(20-15-9-7-11-17(20)2)22(24)19-14-8-10-16-21(19)25-18-12-5-4-6-13-18/h4-16H,3H2,1-2H3. The summed E-state index contributed by atoms with van der Waals surface area (Å²) in [6.07, 6.45) is 0. The van der Waals surface area contributed by atoms with Crippen molar-refractivity contribution in [2.75, 3.05) is 11.4 Å². The zero-order valence-corrected chi connectivity index (χ0v) is 14.5. The van der Waals surface area contributed by atoms with Crippen LogP contribution in [0.4, 0.5) is 5.69 Å². The molecule has 0 unspecified atom stereocenters. The lowest BCUT2D eigenvalue weighted by atomic mass is 10.1. The smallest absolute Gasteiger partial charge is 0.262 e. The average molecular weight is 331 g/mol. The van der Waals surface area contributed by atoms with Gasteiger partial charge in [0.05, 0.1) is 5.56 Å².